The number of nitrogens with two attached hydrogens (primary N) is 1. The summed E-state index contributed by atoms with van der Waals surface area (Å²) >= 11 is 0. The number of allylic oxidation sites excluding steroid dienone is 1. The third kappa shape index (κ3) is 8.08. The minimum atomic E-state index is -0.989. The van der Waals surface area contributed by atoms with Gasteiger partial charge >= 0.3 is 6.09 Å². The van der Waals surface area contributed by atoms with Crippen LogP contribution in [0.5, 0.6) is 5.75 Å². The molecule has 0 unspecified atom stereocenters. The number of anilines is 3. The van der Waals surface area contributed by atoms with Crippen molar-refractivity contribution in [3.63, 3.8) is 0 Å². The molecule has 0 saturated heterocycles. The maximum atomic E-state index is 14.1. The number of carbonyl (C=O) groups is 2. The third-order valence-electron chi connectivity index (χ3n) is 5.58. The van der Waals surface area contributed by atoms with Gasteiger partial charge in [-0.15, -0.1) is 0 Å². The van der Waals surface area contributed by atoms with Crippen LogP contribution in [0.25, 0.3) is 0 Å². The Morgan fingerprint density at radius 2 is 1.81 bits per heavy atom. The van der Waals surface area contributed by atoms with Crippen molar-refractivity contribution in [2.24, 2.45) is 0 Å². The number of nitrogens with one attached hydrogen (secondary N) is 2. The number of halogens is 1. The number of phenolic OH excluding ortho intramolecular Hbond substituents is 1. The number of hydrogen-bond acceptors (Lipinski definition) is 6. The molecule has 2 atom stereocenters. The number of carbonyl (C=O) groups excluding carboxylic acids is 2. The Labute approximate surface area is 214 Å². The number of methoxy groups -OCH3 is 1. The summed E-state index contributed by atoms with van der Waals surface area (Å²) in [7, 11) is 1.45. The standard InChI is InChI=1S/C28H30FN3O5/c1-18-11-14-20(15-12-18)31-28(35)37-27(19-13-16-24(33)21(29)17-19)25(36-2)9-5-6-10-26(34)32-23-8-4-3-7-22(23)30/h3-4,6-8,10-17,25,27,33H,5,9,30H2,1-2H3,(H,31,35)(H,32,34)/b10-6+/t25-,27-/m0/s1. The molecule has 5 N–H and O–H groups in total. The highest BCUT2D eigenvalue weighted by Crippen LogP contribution is 2.30. The number of hydrogen-bond donors (Lipinski definition) is 4. The molecule has 0 aliphatic carbocycles. The van der Waals surface area contributed by atoms with Gasteiger partial charge in [-0.2, -0.15) is 0 Å². The lowest BCUT2D eigenvalue weighted by Gasteiger charge is -2.26. The number of aromatic hydroxyl groups is 1. The van der Waals surface area contributed by atoms with Gasteiger partial charge in [-0.25, -0.2) is 9.18 Å². The number of aryl methyl sites for hydroxylation is 1. The van der Waals surface area contributed by atoms with Gasteiger partial charge in [0, 0.05) is 12.8 Å². The fourth-order valence-electron chi connectivity index (χ4n) is 3.59. The summed E-state index contributed by atoms with van der Waals surface area (Å²) in [5.41, 5.74) is 8.68. The lowest BCUT2D eigenvalue weighted by molar-refractivity contribution is -0.111. The SMILES string of the molecule is CO[C@@H](CC/C=C/C(=O)Nc1ccccc1N)[C@@H](OC(=O)Nc1ccc(C)cc1)c1ccc(O)c(F)c1. The van der Waals surface area contributed by atoms with E-state index in [2.05, 4.69) is 10.6 Å². The van der Waals surface area contributed by atoms with Gasteiger partial charge in [0.2, 0.25) is 5.91 Å². The first-order chi connectivity index (χ1) is 17.8. The van der Waals surface area contributed by atoms with Crippen LogP contribution in [0.3, 0.4) is 0 Å². The van der Waals surface area contributed by atoms with E-state index in [-0.39, 0.29) is 5.91 Å². The van der Waals surface area contributed by atoms with Crippen molar-refractivity contribution in [1.29, 1.82) is 0 Å². The Hall–Kier alpha value is -4.37. The van der Waals surface area contributed by atoms with E-state index < -0.39 is 29.9 Å². The molecule has 37 heavy (non-hydrogen) atoms. The van der Waals surface area contributed by atoms with Crippen LogP contribution < -0.4 is 16.4 Å². The van der Waals surface area contributed by atoms with Crippen LogP contribution >= 0.6 is 0 Å². The fourth-order valence-corrected chi connectivity index (χ4v) is 3.59. The number of rotatable bonds is 10. The zero-order chi connectivity index (χ0) is 26.8. The molecule has 0 aliphatic heterocycles. The summed E-state index contributed by atoms with van der Waals surface area (Å²) in [5, 5.41) is 14.9. The molecule has 3 rings (SSSR count). The molecule has 194 valence electrons. The Kier molecular flexibility index (Phi) is 9.62. The van der Waals surface area contributed by atoms with Crippen LogP contribution in [0.2, 0.25) is 0 Å². The molecule has 3 aromatic rings. The van der Waals surface area contributed by atoms with Crippen molar-refractivity contribution in [1.82, 2.24) is 0 Å². The number of phenols is 1. The predicted molar refractivity (Wildman–Crippen MR) is 141 cm³/mol. The molecular weight excluding hydrogens is 477 g/mol. The quantitative estimate of drug-likeness (QED) is 0.206. The Bertz CT molecular complexity index is 1250. The zero-order valence-electron chi connectivity index (χ0n) is 20.6. The summed E-state index contributed by atoms with van der Waals surface area (Å²) < 4.78 is 25.4. The Balaban J connectivity index is 1.68. The van der Waals surface area contributed by atoms with Crippen LogP contribution in [0, 0.1) is 12.7 Å². The van der Waals surface area contributed by atoms with Gasteiger partial charge in [0.1, 0.15) is 0 Å². The molecule has 0 bridgehead atoms. The summed E-state index contributed by atoms with van der Waals surface area (Å²) in [5.74, 6) is -1.72. The average Bonchev–Trinajstić information content (AvgIpc) is 2.87. The van der Waals surface area contributed by atoms with Gasteiger partial charge in [-0.05, 0) is 67.8 Å². The number of amides is 2. The minimum Gasteiger partial charge on any atom is -0.505 e. The minimum absolute atomic E-state index is 0.308. The number of benzene rings is 3. The van der Waals surface area contributed by atoms with Crippen molar-refractivity contribution >= 4 is 29.1 Å². The summed E-state index contributed by atoms with van der Waals surface area (Å²) in [6.07, 6.45) is 1.36. The highest BCUT2D eigenvalue weighted by molar-refractivity contribution is 6.01. The molecule has 0 aliphatic rings. The van der Waals surface area contributed by atoms with Crippen LogP contribution in [0.15, 0.2) is 78.9 Å². The third-order valence-corrected chi connectivity index (χ3v) is 5.58. The van der Waals surface area contributed by atoms with E-state index in [0.29, 0.717) is 35.5 Å². The van der Waals surface area contributed by atoms with E-state index in [1.807, 2.05) is 19.1 Å². The van der Waals surface area contributed by atoms with Gasteiger partial charge < -0.3 is 25.6 Å². The molecule has 2 amide bonds. The van der Waals surface area contributed by atoms with Gasteiger partial charge in [0.25, 0.3) is 0 Å². The van der Waals surface area contributed by atoms with Crippen molar-refractivity contribution in [3.8, 4) is 5.75 Å². The maximum Gasteiger partial charge on any atom is 0.412 e. The Morgan fingerprint density at radius 3 is 2.49 bits per heavy atom. The number of nitrogen functional groups attached to an aromatic ring is 1. The molecule has 0 spiro atoms. The molecule has 0 saturated carbocycles. The maximum absolute atomic E-state index is 14.1. The predicted octanol–water partition coefficient (Wildman–Crippen LogP) is 5.70. The van der Waals surface area contributed by atoms with Gasteiger partial charge in [-0.3, -0.25) is 10.1 Å². The summed E-state index contributed by atoms with van der Waals surface area (Å²) in [4.78, 5) is 24.9. The second-order valence-corrected chi connectivity index (χ2v) is 8.36. The van der Waals surface area contributed by atoms with Crippen molar-refractivity contribution in [3.05, 3.63) is 95.8 Å². The van der Waals surface area contributed by atoms with Crippen molar-refractivity contribution in [2.75, 3.05) is 23.5 Å². The van der Waals surface area contributed by atoms with Crippen LogP contribution in [-0.2, 0) is 14.3 Å². The van der Waals surface area contributed by atoms with E-state index >= 15 is 0 Å². The van der Waals surface area contributed by atoms with E-state index in [4.69, 9.17) is 15.2 Å². The summed E-state index contributed by atoms with van der Waals surface area (Å²) in [6, 6.07) is 17.8. The van der Waals surface area contributed by atoms with Crippen LogP contribution in [0.1, 0.15) is 30.1 Å². The van der Waals surface area contributed by atoms with Crippen molar-refractivity contribution < 1.29 is 28.6 Å². The second-order valence-electron chi connectivity index (χ2n) is 8.36. The lowest BCUT2D eigenvalue weighted by atomic mass is 10.00. The first kappa shape index (κ1) is 27.2. The van der Waals surface area contributed by atoms with Crippen LogP contribution in [0.4, 0.5) is 26.2 Å². The largest absolute Gasteiger partial charge is 0.505 e. The van der Waals surface area contributed by atoms with Crippen LogP contribution in [-0.4, -0.2) is 30.3 Å². The normalized spacial score (nSPS) is 12.6. The molecule has 0 heterocycles. The first-order valence-corrected chi connectivity index (χ1v) is 11.6. The topological polar surface area (TPSA) is 123 Å². The fraction of sp³-hybridized carbons (Fsp3) is 0.214. The Morgan fingerprint density at radius 1 is 1.08 bits per heavy atom. The van der Waals surface area contributed by atoms with E-state index in [1.165, 1.54) is 25.3 Å². The zero-order valence-corrected chi connectivity index (χ0v) is 20.6. The molecule has 0 fully saturated rings. The van der Waals surface area contributed by atoms with Crippen molar-refractivity contribution in [2.45, 2.75) is 32.0 Å². The molecular formula is C28H30FN3O5. The van der Waals surface area contributed by atoms with Gasteiger partial charge in [0.05, 0.1) is 17.5 Å². The molecule has 0 aromatic heterocycles. The highest BCUT2D eigenvalue weighted by atomic mass is 19.1. The molecule has 0 radical (unpaired) electrons. The van der Waals surface area contributed by atoms with E-state index in [0.717, 1.165) is 11.6 Å². The smallest absolute Gasteiger partial charge is 0.412 e. The van der Waals surface area contributed by atoms with Gasteiger partial charge in [0.15, 0.2) is 17.7 Å². The number of ether oxygens (including phenoxy) is 2. The average molecular weight is 508 g/mol. The highest BCUT2D eigenvalue weighted by Gasteiger charge is 2.28. The molecule has 8 nitrogen and oxygen atoms in total. The van der Waals surface area contributed by atoms with Gasteiger partial charge in [-0.1, -0.05) is 42.0 Å². The first-order valence-electron chi connectivity index (χ1n) is 11.6. The number of para-hydroxylation sites is 2. The monoisotopic (exact) mass is 507 g/mol. The second kappa shape index (κ2) is 13.1. The molecule has 9 heteroatoms. The van der Waals surface area contributed by atoms with E-state index in [9.17, 15) is 19.1 Å². The summed E-state index contributed by atoms with van der Waals surface area (Å²) in [6.45, 7) is 1.93. The van der Waals surface area contributed by atoms with E-state index in [1.54, 1.807) is 42.5 Å². The lowest BCUT2D eigenvalue weighted by Crippen LogP contribution is -2.28. The molecule has 3 aromatic carbocycles.